The van der Waals surface area contributed by atoms with Gasteiger partial charge in [0, 0.05) is 23.1 Å². The van der Waals surface area contributed by atoms with Gasteiger partial charge in [-0.1, -0.05) is 6.07 Å². The number of esters is 1. The zero-order valence-electron chi connectivity index (χ0n) is 13.9. The van der Waals surface area contributed by atoms with E-state index in [2.05, 4.69) is 10.3 Å². The number of aliphatic hydroxyl groups excluding tert-OH is 1. The van der Waals surface area contributed by atoms with Gasteiger partial charge in [-0.15, -0.1) is 0 Å². The van der Waals surface area contributed by atoms with E-state index in [1.165, 1.54) is 18.1 Å². The highest BCUT2D eigenvalue weighted by Gasteiger charge is 2.34. The second-order valence-electron chi connectivity index (χ2n) is 5.68. The quantitative estimate of drug-likeness (QED) is 0.553. The van der Waals surface area contributed by atoms with Crippen molar-refractivity contribution >= 4 is 34.4 Å². The highest BCUT2D eigenvalue weighted by molar-refractivity contribution is 6.10. The summed E-state index contributed by atoms with van der Waals surface area (Å²) in [6, 6.07) is 6.52. The summed E-state index contributed by atoms with van der Waals surface area (Å²) >= 11 is 0. The Morgan fingerprint density at radius 3 is 2.81 bits per heavy atom. The van der Waals surface area contributed by atoms with Crippen molar-refractivity contribution in [1.82, 2.24) is 9.88 Å². The number of nitrogens with zero attached hydrogens (tertiary/aromatic N) is 1. The number of benzene rings is 1. The summed E-state index contributed by atoms with van der Waals surface area (Å²) in [5, 5.41) is 21.7. The lowest BCUT2D eigenvalue weighted by Gasteiger charge is -2.15. The van der Waals surface area contributed by atoms with E-state index in [0.717, 1.165) is 0 Å². The lowest BCUT2D eigenvalue weighted by atomic mass is 10.2. The third kappa shape index (κ3) is 3.00. The number of fused-ring (bicyclic) bond motifs is 1. The van der Waals surface area contributed by atoms with Crippen LogP contribution in [0.3, 0.4) is 0 Å². The van der Waals surface area contributed by atoms with Gasteiger partial charge >= 0.3 is 11.9 Å². The van der Waals surface area contributed by atoms with Crippen LogP contribution in [0, 0.1) is 0 Å². The number of aromatic amines is 1. The highest BCUT2D eigenvalue weighted by atomic mass is 16.5. The zero-order chi connectivity index (χ0) is 18.8. The molecule has 2 aromatic rings. The molecule has 1 aliphatic heterocycles. The van der Waals surface area contributed by atoms with Crippen LogP contribution in [0.25, 0.3) is 10.9 Å². The summed E-state index contributed by atoms with van der Waals surface area (Å²) in [7, 11) is 1.22. The van der Waals surface area contributed by atoms with Crippen molar-refractivity contribution in [3.8, 4) is 0 Å². The van der Waals surface area contributed by atoms with Crippen LogP contribution in [0.2, 0.25) is 0 Å². The molecular formula is C17H17N3O6. The maximum Gasteiger partial charge on any atom is 0.352 e. The molecule has 0 fully saturated rings. The van der Waals surface area contributed by atoms with Gasteiger partial charge < -0.3 is 30.2 Å². The van der Waals surface area contributed by atoms with Crippen molar-refractivity contribution in [3.63, 3.8) is 0 Å². The van der Waals surface area contributed by atoms with E-state index >= 15 is 0 Å². The normalized spacial score (nSPS) is 14.2. The first-order valence-corrected chi connectivity index (χ1v) is 7.80. The van der Waals surface area contributed by atoms with Gasteiger partial charge in [0.25, 0.3) is 5.91 Å². The maximum atomic E-state index is 12.6. The number of β-amino-alcohol motifs (C(OH)–C–C–N with tert-alkyl or cyclic N) is 1. The van der Waals surface area contributed by atoms with Crippen LogP contribution >= 0.6 is 0 Å². The summed E-state index contributed by atoms with van der Waals surface area (Å²) in [5.74, 6) is -2.19. The Hall–Kier alpha value is -3.33. The third-order valence-corrected chi connectivity index (χ3v) is 4.11. The van der Waals surface area contributed by atoms with Crippen molar-refractivity contribution < 1.29 is 29.3 Å². The molecule has 2 heterocycles. The number of aromatic nitrogens is 1. The molecule has 1 aromatic heterocycles. The highest BCUT2D eigenvalue weighted by Crippen LogP contribution is 2.28. The molecule has 0 atom stereocenters. The molecule has 0 bridgehead atoms. The zero-order valence-corrected chi connectivity index (χ0v) is 13.9. The first kappa shape index (κ1) is 17.5. The lowest BCUT2D eigenvalue weighted by Crippen LogP contribution is -2.31. The van der Waals surface area contributed by atoms with Crippen LogP contribution in [-0.2, 0) is 14.3 Å². The smallest absolute Gasteiger partial charge is 0.352 e. The average Bonchev–Trinajstić information content (AvgIpc) is 3.19. The van der Waals surface area contributed by atoms with Crippen LogP contribution in [0.1, 0.15) is 10.5 Å². The number of aromatic carboxylic acids is 1. The molecule has 26 heavy (non-hydrogen) atoms. The number of carbonyl (C=O) groups excluding carboxylic acids is 2. The molecule has 1 aromatic carbocycles. The topological polar surface area (TPSA) is 132 Å². The lowest BCUT2D eigenvalue weighted by molar-refractivity contribution is -0.136. The van der Waals surface area contributed by atoms with E-state index in [9.17, 15) is 14.4 Å². The number of rotatable bonds is 6. The molecule has 9 heteroatoms. The molecule has 9 nitrogen and oxygen atoms in total. The number of carboxylic acids is 1. The van der Waals surface area contributed by atoms with Gasteiger partial charge in [0.15, 0.2) is 0 Å². The number of nitrogens with one attached hydrogen (secondary N) is 2. The molecule has 3 rings (SSSR count). The van der Waals surface area contributed by atoms with Crippen LogP contribution < -0.4 is 5.32 Å². The number of amides is 1. The largest absolute Gasteiger partial charge is 0.477 e. The Morgan fingerprint density at radius 2 is 2.15 bits per heavy atom. The van der Waals surface area contributed by atoms with Crippen LogP contribution in [0.4, 0.5) is 5.69 Å². The van der Waals surface area contributed by atoms with Gasteiger partial charge in [0.1, 0.15) is 11.4 Å². The van der Waals surface area contributed by atoms with Crippen LogP contribution in [0.5, 0.6) is 0 Å². The van der Waals surface area contributed by atoms with Gasteiger partial charge in [0.2, 0.25) is 0 Å². The van der Waals surface area contributed by atoms with Gasteiger partial charge in [-0.2, -0.15) is 0 Å². The fourth-order valence-electron chi connectivity index (χ4n) is 2.86. The van der Waals surface area contributed by atoms with Gasteiger partial charge in [-0.05, 0) is 18.2 Å². The fraction of sp³-hybridized carbons (Fsp3) is 0.235. The van der Waals surface area contributed by atoms with E-state index in [1.54, 1.807) is 18.2 Å². The average molecular weight is 359 g/mol. The molecular weight excluding hydrogens is 342 g/mol. The number of carbonyl (C=O) groups is 3. The number of hydrogen-bond donors (Lipinski definition) is 4. The summed E-state index contributed by atoms with van der Waals surface area (Å²) in [4.78, 5) is 39.9. The van der Waals surface area contributed by atoms with Crippen molar-refractivity contribution in [1.29, 1.82) is 0 Å². The number of hydrogen-bond acceptors (Lipinski definition) is 6. The molecule has 0 spiro atoms. The molecule has 136 valence electrons. The second kappa shape index (κ2) is 6.89. The number of ether oxygens (including phenoxy) is 1. The van der Waals surface area contributed by atoms with E-state index in [4.69, 9.17) is 14.9 Å². The minimum Gasteiger partial charge on any atom is -0.477 e. The predicted octanol–water partition coefficient (Wildman–Crippen LogP) is 0.540. The van der Waals surface area contributed by atoms with Crippen LogP contribution in [-0.4, -0.2) is 64.7 Å². The minimum atomic E-state index is -1.10. The monoisotopic (exact) mass is 359 g/mol. The number of anilines is 1. The molecule has 0 saturated heterocycles. The van der Waals surface area contributed by atoms with Crippen LogP contribution in [0.15, 0.2) is 35.5 Å². The molecule has 4 N–H and O–H groups in total. The maximum absolute atomic E-state index is 12.6. The molecule has 0 aliphatic carbocycles. The summed E-state index contributed by atoms with van der Waals surface area (Å²) in [6.07, 6.45) is 0. The molecule has 1 amide bonds. The van der Waals surface area contributed by atoms with E-state index in [1.807, 2.05) is 0 Å². The van der Waals surface area contributed by atoms with Crippen molar-refractivity contribution in [2.45, 2.75) is 0 Å². The van der Waals surface area contributed by atoms with Crippen molar-refractivity contribution in [2.75, 3.05) is 32.1 Å². The minimum absolute atomic E-state index is 0.0103. The summed E-state index contributed by atoms with van der Waals surface area (Å²) in [6.45, 7) is -0.122. The molecule has 0 radical (unpaired) electrons. The summed E-state index contributed by atoms with van der Waals surface area (Å²) < 4.78 is 4.74. The SMILES string of the molecule is COC(=O)C1=C(Nc2cccc3[nH]c(C(=O)O)cc23)C(=O)N(CCO)C1. The Labute approximate surface area is 147 Å². The number of H-pyrrole nitrogens is 1. The second-order valence-corrected chi connectivity index (χ2v) is 5.68. The van der Waals surface area contributed by atoms with Crippen molar-refractivity contribution in [2.24, 2.45) is 0 Å². The van der Waals surface area contributed by atoms with E-state index in [0.29, 0.717) is 16.6 Å². The first-order chi connectivity index (χ1) is 12.5. The molecule has 0 unspecified atom stereocenters. The number of aliphatic hydroxyl groups is 1. The Kier molecular flexibility index (Phi) is 4.63. The number of methoxy groups -OCH3 is 1. The Morgan fingerprint density at radius 1 is 1.38 bits per heavy atom. The molecule has 0 saturated carbocycles. The first-order valence-electron chi connectivity index (χ1n) is 7.80. The van der Waals surface area contributed by atoms with Gasteiger partial charge in [0.05, 0.1) is 25.8 Å². The fourth-order valence-corrected chi connectivity index (χ4v) is 2.86. The van der Waals surface area contributed by atoms with E-state index in [-0.39, 0.29) is 36.7 Å². The van der Waals surface area contributed by atoms with Gasteiger partial charge in [-0.3, -0.25) is 4.79 Å². The van der Waals surface area contributed by atoms with Gasteiger partial charge in [-0.25, -0.2) is 9.59 Å². The molecule has 1 aliphatic rings. The third-order valence-electron chi connectivity index (χ3n) is 4.11. The predicted molar refractivity (Wildman–Crippen MR) is 91.6 cm³/mol. The Balaban J connectivity index is 2.02. The van der Waals surface area contributed by atoms with Crippen molar-refractivity contribution in [3.05, 3.63) is 41.2 Å². The Bertz CT molecular complexity index is 930. The summed E-state index contributed by atoms with van der Waals surface area (Å²) in [5.41, 5.74) is 1.26. The number of carboxylic acid groups (broad SMARTS) is 1. The van der Waals surface area contributed by atoms with E-state index < -0.39 is 17.8 Å². The standard InChI is InChI=1S/C17H17N3O6/c1-26-17(25)10-8-20(5-6-21)15(22)14(10)19-12-4-2-3-11-9(12)7-13(18-11)16(23)24/h2-4,7,18-19,21H,5-6,8H2,1H3,(H,23,24).